The first-order chi connectivity index (χ1) is 22.3. The van der Waals surface area contributed by atoms with E-state index in [-0.39, 0.29) is 15.8 Å². The maximum absolute atomic E-state index is 12.9. The molecule has 0 spiro atoms. The lowest BCUT2D eigenvalue weighted by Gasteiger charge is -2.09. The van der Waals surface area contributed by atoms with Crippen LogP contribution < -0.4 is 4.67 Å². The zero-order valence-corrected chi connectivity index (χ0v) is 25.5. The van der Waals surface area contributed by atoms with Gasteiger partial charge in [0.25, 0.3) is 0 Å². The van der Waals surface area contributed by atoms with Gasteiger partial charge < -0.3 is 0 Å². The SMILES string of the molecule is N=C(SC(=N)c1cccc(-c2ccc(C(F)(F)F)cc2)n1)c1cccc(C2=[N+]=C(c3cccc(-c4ccc(C(F)(F)F)cc4)n3)S2)c1. The van der Waals surface area contributed by atoms with E-state index in [1.807, 2.05) is 6.07 Å². The van der Waals surface area contributed by atoms with Crippen LogP contribution >= 0.6 is 23.5 Å². The van der Waals surface area contributed by atoms with E-state index in [1.165, 1.54) is 36.0 Å². The van der Waals surface area contributed by atoms with E-state index in [2.05, 4.69) is 14.6 Å². The molecule has 234 valence electrons. The van der Waals surface area contributed by atoms with Gasteiger partial charge >= 0.3 is 22.4 Å². The highest BCUT2D eigenvalue weighted by Crippen LogP contribution is 2.32. The first kappa shape index (κ1) is 32.0. The van der Waals surface area contributed by atoms with Crippen LogP contribution in [0.4, 0.5) is 26.3 Å². The van der Waals surface area contributed by atoms with Gasteiger partial charge in [0.15, 0.2) is 5.69 Å². The van der Waals surface area contributed by atoms with E-state index in [0.717, 1.165) is 41.6 Å². The molecule has 0 saturated heterocycles. The highest BCUT2D eigenvalue weighted by molar-refractivity contribution is 8.28. The number of aromatic nitrogens is 2. The van der Waals surface area contributed by atoms with Crippen molar-refractivity contribution in [2.24, 2.45) is 0 Å². The maximum Gasteiger partial charge on any atom is 0.416 e. The number of hydrogen-bond donors (Lipinski definition) is 2. The summed E-state index contributed by atoms with van der Waals surface area (Å²) < 4.78 is 82.2. The minimum absolute atomic E-state index is 0.000790. The Morgan fingerprint density at radius 3 is 1.66 bits per heavy atom. The Hall–Kier alpha value is -4.97. The zero-order valence-electron chi connectivity index (χ0n) is 23.8. The average molecular weight is 677 g/mol. The number of benzene rings is 3. The van der Waals surface area contributed by atoms with Crippen LogP contribution in [0.1, 0.15) is 33.6 Å². The van der Waals surface area contributed by atoms with Gasteiger partial charge in [-0.3, -0.25) is 10.8 Å². The lowest BCUT2D eigenvalue weighted by atomic mass is 10.1. The lowest BCUT2D eigenvalue weighted by Crippen LogP contribution is -2.20. The maximum atomic E-state index is 12.9. The summed E-state index contributed by atoms with van der Waals surface area (Å²) in [5.74, 6) is 0. The molecule has 47 heavy (non-hydrogen) atoms. The standard InChI is InChI=1S/C34H20F6N5S2/c35-33(36,37)23-14-10-19(11-15-23)25-6-2-8-27(43-25)30(42)46-29(41)21-4-1-5-22(18-21)31-45-32(47-31)28-9-3-7-26(44-28)20-12-16-24(17-13-20)34(38,39)40/h1-18,41-42H/q+1. The quantitative estimate of drug-likeness (QED) is 0.0814. The first-order valence-electron chi connectivity index (χ1n) is 13.7. The highest BCUT2D eigenvalue weighted by atomic mass is 32.2. The number of pyridine rings is 2. The van der Waals surface area contributed by atoms with E-state index < -0.39 is 23.5 Å². The molecule has 0 fully saturated rings. The molecule has 1 aliphatic rings. The number of nitrogens with one attached hydrogen (secondary N) is 2. The van der Waals surface area contributed by atoms with E-state index in [4.69, 9.17) is 10.8 Å². The number of nitrogens with zero attached hydrogens (tertiary/aromatic N) is 3. The molecule has 0 atom stereocenters. The summed E-state index contributed by atoms with van der Waals surface area (Å²) in [6.07, 6.45) is -8.86. The predicted octanol–water partition coefficient (Wildman–Crippen LogP) is 8.94. The molecule has 2 aromatic heterocycles. The van der Waals surface area contributed by atoms with Crippen LogP contribution in [-0.2, 0) is 12.4 Å². The van der Waals surface area contributed by atoms with Crippen molar-refractivity contribution >= 4 is 43.7 Å². The second-order valence-corrected chi connectivity index (χ2v) is 12.1. The summed E-state index contributed by atoms with van der Waals surface area (Å²) in [4.78, 5) is 9.00. The summed E-state index contributed by atoms with van der Waals surface area (Å²) in [5, 5.41) is 18.6. The van der Waals surface area contributed by atoms with Crippen LogP contribution in [-0.4, -0.2) is 30.1 Å². The molecule has 13 heteroatoms. The van der Waals surface area contributed by atoms with Crippen LogP contribution in [0, 0.1) is 10.8 Å². The Labute approximate surface area is 272 Å². The first-order valence-corrected chi connectivity index (χ1v) is 15.4. The summed E-state index contributed by atoms with van der Waals surface area (Å²) in [6.45, 7) is 0. The second kappa shape index (κ2) is 12.7. The van der Waals surface area contributed by atoms with E-state index in [0.29, 0.717) is 43.9 Å². The van der Waals surface area contributed by atoms with Gasteiger partial charge in [-0.15, -0.1) is 0 Å². The van der Waals surface area contributed by atoms with Gasteiger partial charge in [-0.1, -0.05) is 53.2 Å². The molecule has 0 radical (unpaired) electrons. The Balaban J connectivity index is 1.15. The van der Waals surface area contributed by atoms with Crippen molar-refractivity contribution in [3.63, 3.8) is 0 Å². The minimum atomic E-state index is -4.45. The normalized spacial score (nSPS) is 13.0. The molecule has 5 nitrogen and oxygen atoms in total. The van der Waals surface area contributed by atoms with Crippen LogP contribution in [0.2, 0.25) is 0 Å². The number of rotatable bonds is 6. The van der Waals surface area contributed by atoms with Gasteiger partial charge in [-0.25, -0.2) is 9.97 Å². The van der Waals surface area contributed by atoms with Crippen molar-refractivity contribution < 1.29 is 26.3 Å². The molecule has 0 saturated carbocycles. The molecule has 0 unspecified atom stereocenters. The minimum Gasteiger partial charge on any atom is -0.293 e. The Bertz CT molecular complexity index is 2080. The van der Waals surface area contributed by atoms with Crippen LogP contribution in [0.5, 0.6) is 0 Å². The van der Waals surface area contributed by atoms with Crippen LogP contribution in [0.25, 0.3) is 22.5 Å². The molecule has 3 heterocycles. The lowest BCUT2D eigenvalue weighted by molar-refractivity contribution is -0.138. The molecular formula is C34H20F6N5S2+. The fourth-order valence-electron chi connectivity index (χ4n) is 4.53. The van der Waals surface area contributed by atoms with Gasteiger partial charge in [-0.2, -0.15) is 26.3 Å². The number of halogens is 6. The highest BCUT2D eigenvalue weighted by Gasteiger charge is 2.36. The molecular weight excluding hydrogens is 657 g/mol. The molecule has 1 aliphatic heterocycles. The number of hydrogen-bond acceptors (Lipinski definition) is 6. The van der Waals surface area contributed by atoms with Gasteiger partial charge in [0.05, 0.1) is 45.5 Å². The smallest absolute Gasteiger partial charge is 0.293 e. The van der Waals surface area contributed by atoms with E-state index >= 15 is 0 Å². The van der Waals surface area contributed by atoms with Gasteiger partial charge in [0, 0.05) is 16.7 Å². The third kappa shape index (κ3) is 7.22. The summed E-state index contributed by atoms with van der Waals surface area (Å²) >= 11 is 2.28. The summed E-state index contributed by atoms with van der Waals surface area (Å²) in [7, 11) is 0. The van der Waals surface area contributed by atoms with Crippen molar-refractivity contribution in [3.05, 3.63) is 143 Å². The average Bonchev–Trinajstić information content (AvgIpc) is 3.04. The summed E-state index contributed by atoms with van der Waals surface area (Å²) in [5.41, 5.74) is 2.60. The third-order valence-corrected chi connectivity index (χ3v) is 8.81. The van der Waals surface area contributed by atoms with Crippen LogP contribution in [0.3, 0.4) is 0 Å². The summed E-state index contributed by atoms with van der Waals surface area (Å²) in [6, 6.07) is 26.7. The number of alkyl halides is 6. The molecule has 3 aromatic carbocycles. The zero-order chi connectivity index (χ0) is 33.3. The fraction of sp³-hybridized carbons (Fsp3) is 0.0588. The van der Waals surface area contributed by atoms with Crippen molar-refractivity contribution in [1.82, 2.24) is 14.6 Å². The van der Waals surface area contributed by atoms with Crippen molar-refractivity contribution in [2.75, 3.05) is 0 Å². The third-order valence-electron chi connectivity index (χ3n) is 6.94. The molecule has 6 rings (SSSR count). The second-order valence-electron chi connectivity index (χ2n) is 10.1. The van der Waals surface area contributed by atoms with Crippen molar-refractivity contribution in [3.8, 4) is 22.5 Å². The topological polar surface area (TPSA) is 87.6 Å². The fourth-order valence-corrected chi connectivity index (χ4v) is 5.98. The van der Waals surface area contributed by atoms with Crippen LogP contribution in [0.15, 0.2) is 109 Å². The van der Waals surface area contributed by atoms with Crippen molar-refractivity contribution in [1.29, 1.82) is 10.8 Å². The van der Waals surface area contributed by atoms with Gasteiger partial charge in [-0.05, 0) is 72.4 Å². The van der Waals surface area contributed by atoms with Crippen molar-refractivity contribution in [2.45, 2.75) is 12.4 Å². The molecule has 2 N–H and O–H groups in total. The predicted molar refractivity (Wildman–Crippen MR) is 175 cm³/mol. The van der Waals surface area contributed by atoms with Gasteiger partial charge in [0.2, 0.25) is 0 Å². The molecule has 0 aliphatic carbocycles. The molecule has 0 bridgehead atoms. The largest absolute Gasteiger partial charge is 0.416 e. The Kier molecular flexibility index (Phi) is 8.63. The van der Waals surface area contributed by atoms with Gasteiger partial charge in [0.1, 0.15) is 10.1 Å². The number of thioether (sulfide) groups is 2. The molecule has 0 amide bonds. The van der Waals surface area contributed by atoms with E-state index in [9.17, 15) is 26.3 Å². The monoisotopic (exact) mass is 676 g/mol. The van der Waals surface area contributed by atoms with E-state index in [1.54, 1.807) is 54.6 Å². The molecule has 5 aromatic rings. The Morgan fingerprint density at radius 2 is 1.09 bits per heavy atom. The Morgan fingerprint density at radius 1 is 0.574 bits per heavy atom.